The molecule has 118 valence electrons. The first-order valence-electron chi connectivity index (χ1n) is 7.34. The predicted molar refractivity (Wildman–Crippen MR) is 92.2 cm³/mol. The molecular formula is C17H18N4OS. The molecule has 0 aliphatic heterocycles. The first-order valence-corrected chi connectivity index (χ1v) is 8.32. The molecule has 0 fully saturated rings. The fraction of sp³-hybridized carbons (Fsp3) is 0.235. The molecule has 1 N–H and O–H groups in total. The average molecular weight is 326 g/mol. The minimum atomic E-state index is -0.0611. The zero-order chi connectivity index (χ0) is 16.4. The molecule has 5 nitrogen and oxygen atoms in total. The predicted octanol–water partition coefficient (Wildman–Crippen LogP) is 3.17. The van der Waals surface area contributed by atoms with Crippen LogP contribution >= 0.6 is 11.8 Å². The molecular weight excluding hydrogens is 308 g/mol. The van der Waals surface area contributed by atoms with Crippen LogP contribution < -0.4 is 5.56 Å². The fourth-order valence-electron chi connectivity index (χ4n) is 2.21. The third kappa shape index (κ3) is 3.53. The van der Waals surface area contributed by atoms with Crippen LogP contribution in [0.1, 0.15) is 22.5 Å². The molecule has 2 aromatic heterocycles. The molecule has 0 aliphatic rings. The molecule has 0 bridgehead atoms. The highest BCUT2D eigenvalue weighted by Gasteiger charge is 2.07. The van der Waals surface area contributed by atoms with E-state index in [1.165, 1.54) is 17.3 Å². The van der Waals surface area contributed by atoms with Crippen molar-refractivity contribution in [2.45, 2.75) is 31.7 Å². The Morgan fingerprint density at radius 2 is 1.96 bits per heavy atom. The van der Waals surface area contributed by atoms with Gasteiger partial charge in [0.25, 0.3) is 5.56 Å². The van der Waals surface area contributed by atoms with E-state index in [-0.39, 0.29) is 5.56 Å². The highest BCUT2D eigenvalue weighted by atomic mass is 32.2. The Morgan fingerprint density at radius 3 is 2.70 bits per heavy atom. The molecule has 2 heterocycles. The molecule has 0 spiro atoms. The second-order valence-corrected chi connectivity index (χ2v) is 6.44. The second-order valence-electron chi connectivity index (χ2n) is 5.49. The molecule has 0 radical (unpaired) electrons. The van der Waals surface area contributed by atoms with Gasteiger partial charge in [0.2, 0.25) is 0 Å². The standard InChI is InChI=1S/C17H18N4OS/c1-11-4-5-15(8-12(11)2)21-16(22)9-14(20-21)10-23-17-18-7-6-13(3)19-17/h4-9,20H,10H2,1-3H3. The quantitative estimate of drug-likeness (QED) is 0.591. The minimum Gasteiger partial charge on any atom is -0.294 e. The first kappa shape index (κ1) is 15.6. The Balaban J connectivity index is 1.80. The van der Waals surface area contributed by atoms with Gasteiger partial charge in [0.05, 0.1) is 5.69 Å². The molecule has 0 saturated carbocycles. The normalized spacial score (nSPS) is 10.9. The molecule has 0 atom stereocenters. The van der Waals surface area contributed by atoms with E-state index in [9.17, 15) is 4.79 Å². The van der Waals surface area contributed by atoms with Crippen molar-refractivity contribution in [3.8, 4) is 5.69 Å². The van der Waals surface area contributed by atoms with Gasteiger partial charge in [-0.05, 0) is 50.1 Å². The molecule has 0 saturated heterocycles. The molecule has 0 amide bonds. The zero-order valence-corrected chi connectivity index (χ0v) is 14.1. The van der Waals surface area contributed by atoms with E-state index in [2.05, 4.69) is 22.0 Å². The van der Waals surface area contributed by atoms with E-state index in [0.717, 1.165) is 22.6 Å². The summed E-state index contributed by atoms with van der Waals surface area (Å²) < 4.78 is 1.57. The lowest BCUT2D eigenvalue weighted by molar-refractivity contribution is 0.830. The van der Waals surface area contributed by atoms with E-state index in [1.54, 1.807) is 16.9 Å². The Hall–Kier alpha value is -2.34. The van der Waals surface area contributed by atoms with Crippen molar-refractivity contribution in [3.63, 3.8) is 0 Å². The second kappa shape index (κ2) is 6.42. The third-order valence-corrected chi connectivity index (χ3v) is 4.56. The maximum absolute atomic E-state index is 12.2. The van der Waals surface area contributed by atoms with Crippen molar-refractivity contribution in [2.24, 2.45) is 0 Å². The summed E-state index contributed by atoms with van der Waals surface area (Å²) in [6.07, 6.45) is 1.74. The van der Waals surface area contributed by atoms with E-state index >= 15 is 0 Å². The van der Waals surface area contributed by atoms with Crippen molar-refractivity contribution in [3.05, 3.63) is 69.4 Å². The Kier molecular flexibility index (Phi) is 4.34. The highest BCUT2D eigenvalue weighted by Crippen LogP contribution is 2.18. The van der Waals surface area contributed by atoms with E-state index < -0.39 is 0 Å². The van der Waals surface area contributed by atoms with Crippen LogP contribution in [0.25, 0.3) is 5.69 Å². The number of benzene rings is 1. The lowest BCUT2D eigenvalue weighted by Gasteiger charge is -2.05. The Bertz CT molecular complexity index is 898. The maximum atomic E-state index is 12.2. The summed E-state index contributed by atoms with van der Waals surface area (Å²) in [4.78, 5) is 20.8. The largest absolute Gasteiger partial charge is 0.294 e. The van der Waals surface area contributed by atoms with Gasteiger partial charge in [-0.25, -0.2) is 14.6 Å². The van der Waals surface area contributed by atoms with Crippen LogP contribution in [0.2, 0.25) is 0 Å². The van der Waals surface area contributed by atoms with Crippen LogP contribution in [0.15, 0.2) is 46.5 Å². The number of aromatic amines is 1. The highest BCUT2D eigenvalue weighted by molar-refractivity contribution is 7.98. The van der Waals surface area contributed by atoms with Gasteiger partial charge in [-0.15, -0.1) is 0 Å². The van der Waals surface area contributed by atoms with Gasteiger partial charge in [0.1, 0.15) is 0 Å². The summed E-state index contributed by atoms with van der Waals surface area (Å²) in [5.41, 5.74) is 4.94. The lowest BCUT2D eigenvalue weighted by atomic mass is 10.1. The van der Waals surface area contributed by atoms with Crippen LogP contribution in [0.4, 0.5) is 0 Å². The number of aromatic nitrogens is 4. The topological polar surface area (TPSA) is 63.6 Å². The monoisotopic (exact) mass is 326 g/mol. The smallest absolute Gasteiger partial charge is 0.271 e. The number of hydrogen-bond acceptors (Lipinski definition) is 4. The van der Waals surface area contributed by atoms with Crippen molar-refractivity contribution >= 4 is 11.8 Å². The van der Waals surface area contributed by atoms with Crippen molar-refractivity contribution in [2.75, 3.05) is 0 Å². The van der Waals surface area contributed by atoms with Gasteiger partial charge in [-0.3, -0.25) is 9.89 Å². The van der Waals surface area contributed by atoms with Gasteiger partial charge < -0.3 is 0 Å². The summed E-state index contributed by atoms with van der Waals surface area (Å²) >= 11 is 1.50. The van der Waals surface area contributed by atoms with Crippen LogP contribution in [-0.2, 0) is 5.75 Å². The van der Waals surface area contributed by atoms with E-state index in [0.29, 0.717) is 10.9 Å². The molecule has 0 aliphatic carbocycles. The summed E-state index contributed by atoms with van der Waals surface area (Å²) in [5, 5.41) is 3.87. The molecule has 1 aromatic carbocycles. The van der Waals surface area contributed by atoms with Crippen molar-refractivity contribution in [1.29, 1.82) is 0 Å². The number of rotatable bonds is 4. The van der Waals surface area contributed by atoms with Gasteiger partial charge in [-0.1, -0.05) is 17.8 Å². The average Bonchev–Trinajstić information content (AvgIpc) is 2.89. The number of aryl methyl sites for hydroxylation is 3. The van der Waals surface area contributed by atoms with Crippen molar-refractivity contribution < 1.29 is 0 Å². The van der Waals surface area contributed by atoms with Crippen LogP contribution in [0.5, 0.6) is 0 Å². The first-order chi connectivity index (χ1) is 11.0. The Labute approximate surface area is 138 Å². The maximum Gasteiger partial charge on any atom is 0.271 e. The van der Waals surface area contributed by atoms with Crippen LogP contribution in [0, 0.1) is 20.8 Å². The molecule has 0 unspecified atom stereocenters. The fourth-order valence-corrected chi connectivity index (χ4v) is 2.99. The summed E-state index contributed by atoms with van der Waals surface area (Å²) in [5.74, 6) is 0.622. The lowest BCUT2D eigenvalue weighted by Crippen LogP contribution is -2.13. The summed E-state index contributed by atoms with van der Waals surface area (Å²) in [6.45, 7) is 6.03. The van der Waals surface area contributed by atoms with Gasteiger partial charge in [0.15, 0.2) is 5.16 Å². The summed E-state index contributed by atoms with van der Waals surface area (Å²) in [7, 11) is 0. The number of nitrogens with zero attached hydrogens (tertiary/aromatic N) is 3. The summed E-state index contributed by atoms with van der Waals surface area (Å²) in [6, 6.07) is 9.46. The number of nitrogens with one attached hydrogen (secondary N) is 1. The zero-order valence-electron chi connectivity index (χ0n) is 13.3. The number of thioether (sulfide) groups is 1. The molecule has 3 rings (SSSR count). The van der Waals surface area contributed by atoms with Gasteiger partial charge in [0, 0.05) is 29.4 Å². The van der Waals surface area contributed by atoms with Crippen LogP contribution in [0.3, 0.4) is 0 Å². The SMILES string of the molecule is Cc1ccnc(SCc2cc(=O)n(-c3ccc(C)c(C)c3)[nH]2)n1. The molecule has 23 heavy (non-hydrogen) atoms. The van der Waals surface area contributed by atoms with Crippen LogP contribution in [-0.4, -0.2) is 19.7 Å². The van der Waals surface area contributed by atoms with E-state index in [1.807, 2.05) is 38.1 Å². The molecule has 6 heteroatoms. The number of H-pyrrole nitrogens is 1. The minimum absolute atomic E-state index is 0.0611. The third-order valence-electron chi connectivity index (χ3n) is 3.65. The number of hydrogen-bond donors (Lipinski definition) is 1. The van der Waals surface area contributed by atoms with Gasteiger partial charge in [-0.2, -0.15) is 0 Å². The Morgan fingerprint density at radius 1 is 1.13 bits per heavy atom. The molecule has 3 aromatic rings. The van der Waals surface area contributed by atoms with Gasteiger partial charge >= 0.3 is 0 Å². The van der Waals surface area contributed by atoms with E-state index in [4.69, 9.17) is 0 Å². The van der Waals surface area contributed by atoms with Crippen molar-refractivity contribution in [1.82, 2.24) is 19.7 Å².